The van der Waals surface area contributed by atoms with Gasteiger partial charge in [-0.05, 0) is 44.7 Å². The molecular formula is C24H31N3O7. The highest BCUT2D eigenvalue weighted by molar-refractivity contribution is 6.13. The van der Waals surface area contributed by atoms with E-state index in [9.17, 15) is 24.0 Å². The zero-order valence-corrected chi connectivity index (χ0v) is 20.4. The summed E-state index contributed by atoms with van der Waals surface area (Å²) in [6.07, 6.45) is -1.69. The molecule has 0 radical (unpaired) electrons. The summed E-state index contributed by atoms with van der Waals surface area (Å²) < 4.78 is 10.5. The summed E-state index contributed by atoms with van der Waals surface area (Å²) in [5.74, 6) is -1.87. The maximum absolute atomic E-state index is 13.1. The minimum atomic E-state index is -1.04. The molecule has 0 spiro atoms. The molecule has 1 aromatic rings. The minimum Gasteiger partial charge on any atom is -0.448 e. The van der Waals surface area contributed by atoms with Crippen LogP contribution in [0.15, 0.2) is 18.2 Å². The molecule has 0 aromatic heterocycles. The lowest BCUT2D eigenvalue weighted by Gasteiger charge is -2.34. The molecule has 184 valence electrons. The summed E-state index contributed by atoms with van der Waals surface area (Å²) in [4.78, 5) is 65.2. The Bertz CT molecular complexity index is 1040. The maximum Gasteiger partial charge on any atom is 0.423 e. The Morgan fingerprint density at radius 3 is 2.38 bits per heavy atom. The van der Waals surface area contributed by atoms with Crippen molar-refractivity contribution in [3.05, 3.63) is 29.3 Å². The Kier molecular flexibility index (Phi) is 6.73. The fourth-order valence-electron chi connectivity index (χ4n) is 3.73. The number of fused-ring (bicyclic) bond motifs is 1. The molecule has 3 rings (SSSR count). The van der Waals surface area contributed by atoms with Gasteiger partial charge in [-0.25, -0.2) is 9.59 Å². The van der Waals surface area contributed by atoms with Crippen LogP contribution in [-0.2, 0) is 25.6 Å². The molecule has 1 fully saturated rings. The van der Waals surface area contributed by atoms with Crippen LogP contribution in [-0.4, -0.2) is 58.0 Å². The van der Waals surface area contributed by atoms with Gasteiger partial charge in [0, 0.05) is 29.8 Å². The molecule has 0 aliphatic carbocycles. The number of hydrogen-bond acceptors (Lipinski definition) is 7. The molecule has 2 aliphatic rings. The van der Waals surface area contributed by atoms with Crippen LogP contribution in [0.4, 0.5) is 15.3 Å². The average molecular weight is 474 g/mol. The lowest BCUT2D eigenvalue weighted by atomic mass is 9.99. The molecule has 1 N–H and O–H groups in total. The standard InChI is InChI=1S/C24H31N3O7/c1-23(2,3)13-33-22(32)27-18(28)11-10-17(20(27)30)26-12-15-14(19(26)29)8-7-9-16(15)25-21(31)34-24(4,5)6/h7-9,17H,10-13H2,1-6H3,(H,25,31). The molecule has 1 atom stereocenters. The van der Waals surface area contributed by atoms with Crippen molar-refractivity contribution in [3.63, 3.8) is 0 Å². The van der Waals surface area contributed by atoms with Gasteiger partial charge in [0.1, 0.15) is 11.6 Å². The predicted octanol–water partition coefficient (Wildman–Crippen LogP) is 3.69. The van der Waals surface area contributed by atoms with E-state index in [1.807, 2.05) is 20.8 Å². The van der Waals surface area contributed by atoms with Gasteiger partial charge >= 0.3 is 12.2 Å². The Hall–Kier alpha value is -3.43. The van der Waals surface area contributed by atoms with Crippen LogP contribution in [0.3, 0.4) is 0 Å². The van der Waals surface area contributed by atoms with E-state index in [4.69, 9.17) is 9.47 Å². The fraction of sp³-hybridized carbons (Fsp3) is 0.542. The highest BCUT2D eigenvalue weighted by Crippen LogP contribution is 2.33. The van der Waals surface area contributed by atoms with E-state index in [1.165, 1.54) is 4.90 Å². The van der Waals surface area contributed by atoms with Crippen molar-refractivity contribution < 1.29 is 33.4 Å². The molecule has 2 heterocycles. The van der Waals surface area contributed by atoms with E-state index in [0.29, 0.717) is 21.7 Å². The number of benzene rings is 1. The molecule has 10 heteroatoms. The van der Waals surface area contributed by atoms with Crippen LogP contribution in [0, 0.1) is 5.41 Å². The highest BCUT2D eigenvalue weighted by Gasteiger charge is 2.46. The normalized spacial score (nSPS) is 18.6. The number of likely N-dealkylation sites (tertiary alicyclic amines) is 1. The Morgan fingerprint density at radius 2 is 1.76 bits per heavy atom. The molecule has 1 saturated heterocycles. The van der Waals surface area contributed by atoms with Gasteiger partial charge in [0.2, 0.25) is 5.91 Å². The summed E-state index contributed by atoms with van der Waals surface area (Å²) in [5, 5.41) is 2.66. The number of carbonyl (C=O) groups is 5. The lowest BCUT2D eigenvalue weighted by molar-refractivity contribution is -0.149. The summed E-state index contributed by atoms with van der Waals surface area (Å²) >= 11 is 0. The third kappa shape index (κ3) is 5.55. The first-order valence-electron chi connectivity index (χ1n) is 11.1. The second-order valence-electron chi connectivity index (χ2n) is 10.6. The number of ether oxygens (including phenoxy) is 2. The van der Waals surface area contributed by atoms with Gasteiger partial charge in [-0.3, -0.25) is 19.7 Å². The molecular weight excluding hydrogens is 442 g/mol. The fourth-order valence-corrected chi connectivity index (χ4v) is 3.73. The number of hydrogen-bond donors (Lipinski definition) is 1. The molecule has 1 unspecified atom stereocenters. The maximum atomic E-state index is 13.1. The Balaban J connectivity index is 1.79. The Labute approximate surface area is 198 Å². The van der Waals surface area contributed by atoms with Crippen LogP contribution >= 0.6 is 0 Å². The first kappa shape index (κ1) is 25.2. The zero-order valence-electron chi connectivity index (χ0n) is 20.4. The number of anilines is 1. The smallest absolute Gasteiger partial charge is 0.423 e. The third-order valence-electron chi connectivity index (χ3n) is 5.21. The van der Waals surface area contributed by atoms with Gasteiger partial charge in [0.25, 0.3) is 11.8 Å². The molecule has 0 saturated carbocycles. The first-order chi connectivity index (χ1) is 15.7. The van der Waals surface area contributed by atoms with Crippen LogP contribution < -0.4 is 5.32 Å². The largest absolute Gasteiger partial charge is 0.448 e. The number of nitrogens with one attached hydrogen (secondary N) is 1. The van der Waals surface area contributed by atoms with E-state index in [2.05, 4.69) is 5.32 Å². The topological polar surface area (TPSA) is 122 Å². The summed E-state index contributed by atoms with van der Waals surface area (Å²) in [6.45, 7) is 10.8. The van der Waals surface area contributed by atoms with Gasteiger partial charge < -0.3 is 14.4 Å². The monoisotopic (exact) mass is 473 g/mol. The summed E-state index contributed by atoms with van der Waals surface area (Å²) in [6, 6.07) is 3.86. The molecule has 10 nitrogen and oxygen atoms in total. The van der Waals surface area contributed by atoms with Crippen LogP contribution in [0.5, 0.6) is 0 Å². The number of amides is 5. The molecule has 5 amide bonds. The van der Waals surface area contributed by atoms with E-state index in [-0.39, 0.29) is 31.4 Å². The zero-order chi connectivity index (χ0) is 25.4. The third-order valence-corrected chi connectivity index (χ3v) is 5.21. The van der Waals surface area contributed by atoms with Gasteiger partial charge in [-0.15, -0.1) is 0 Å². The number of piperidine rings is 1. The van der Waals surface area contributed by atoms with E-state index >= 15 is 0 Å². The van der Waals surface area contributed by atoms with Crippen LogP contribution in [0.25, 0.3) is 0 Å². The van der Waals surface area contributed by atoms with Crippen molar-refractivity contribution in [3.8, 4) is 0 Å². The van der Waals surface area contributed by atoms with E-state index in [1.54, 1.807) is 39.0 Å². The van der Waals surface area contributed by atoms with Crippen LogP contribution in [0.1, 0.15) is 70.3 Å². The minimum absolute atomic E-state index is 0.0291. The van der Waals surface area contributed by atoms with E-state index in [0.717, 1.165) is 0 Å². The van der Waals surface area contributed by atoms with Crippen molar-refractivity contribution in [2.75, 3.05) is 11.9 Å². The number of carbonyl (C=O) groups excluding carboxylic acids is 5. The van der Waals surface area contributed by atoms with Gasteiger partial charge in [0.15, 0.2) is 0 Å². The SMILES string of the molecule is CC(C)(C)COC(=O)N1C(=O)CCC(N2Cc3c(NC(=O)OC(C)(C)C)cccc3C2=O)C1=O. The van der Waals surface area contributed by atoms with Crippen molar-refractivity contribution in [2.24, 2.45) is 5.41 Å². The van der Waals surface area contributed by atoms with Crippen LogP contribution in [0.2, 0.25) is 0 Å². The van der Waals surface area contributed by atoms with Crippen molar-refractivity contribution in [1.82, 2.24) is 9.80 Å². The molecule has 1 aromatic carbocycles. The average Bonchev–Trinajstić information content (AvgIpc) is 3.02. The first-order valence-corrected chi connectivity index (χ1v) is 11.1. The number of nitrogens with zero attached hydrogens (tertiary/aromatic N) is 2. The second-order valence-corrected chi connectivity index (χ2v) is 10.6. The van der Waals surface area contributed by atoms with Gasteiger partial charge in [-0.1, -0.05) is 26.8 Å². The van der Waals surface area contributed by atoms with E-state index < -0.39 is 41.6 Å². The summed E-state index contributed by atoms with van der Waals surface area (Å²) in [7, 11) is 0. The van der Waals surface area contributed by atoms with Crippen molar-refractivity contribution >= 4 is 35.6 Å². The Morgan fingerprint density at radius 1 is 1.09 bits per heavy atom. The second kappa shape index (κ2) is 9.08. The molecule has 0 bridgehead atoms. The van der Waals surface area contributed by atoms with Crippen molar-refractivity contribution in [2.45, 2.75) is 72.6 Å². The predicted molar refractivity (Wildman–Crippen MR) is 122 cm³/mol. The van der Waals surface area contributed by atoms with Crippen molar-refractivity contribution in [1.29, 1.82) is 0 Å². The lowest BCUT2D eigenvalue weighted by Crippen LogP contribution is -2.56. The molecule has 34 heavy (non-hydrogen) atoms. The van der Waals surface area contributed by atoms with Gasteiger partial charge in [0.05, 0.1) is 6.61 Å². The number of imide groups is 3. The quantitative estimate of drug-likeness (QED) is 0.664. The summed E-state index contributed by atoms with van der Waals surface area (Å²) in [5.41, 5.74) is 0.213. The molecule has 2 aliphatic heterocycles. The van der Waals surface area contributed by atoms with Gasteiger partial charge in [-0.2, -0.15) is 4.90 Å². The number of rotatable bonds is 3. The highest BCUT2D eigenvalue weighted by atomic mass is 16.6.